The highest BCUT2D eigenvalue weighted by Crippen LogP contribution is 2.10. The monoisotopic (exact) mass is 258 g/mol. The summed E-state index contributed by atoms with van der Waals surface area (Å²) in [6.07, 6.45) is 0. The Morgan fingerprint density at radius 2 is 1.89 bits per heavy atom. The number of benzene rings is 2. The molecule has 2 N–H and O–H groups in total. The van der Waals surface area contributed by atoms with Crippen LogP contribution in [0.25, 0.3) is 0 Å². The molecule has 0 aliphatic carbocycles. The van der Waals surface area contributed by atoms with E-state index in [-0.39, 0.29) is 11.7 Å². The van der Waals surface area contributed by atoms with Crippen molar-refractivity contribution < 1.29 is 9.18 Å². The van der Waals surface area contributed by atoms with Gasteiger partial charge in [-0.1, -0.05) is 18.2 Å². The molecule has 0 atom stereocenters. The van der Waals surface area contributed by atoms with Gasteiger partial charge in [-0.25, -0.2) is 4.39 Å². The molecule has 19 heavy (non-hydrogen) atoms. The van der Waals surface area contributed by atoms with Gasteiger partial charge in [-0.2, -0.15) is 0 Å². The summed E-state index contributed by atoms with van der Waals surface area (Å²) in [5, 5.41) is 5.78. The lowest BCUT2D eigenvalue weighted by atomic mass is 10.1. The van der Waals surface area contributed by atoms with Gasteiger partial charge < -0.3 is 10.6 Å². The third-order valence-electron chi connectivity index (χ3n) is 2.78. The van der Waals surface area contributed by atoms with Gasteiger partial charge in [-0.15, -0.1) is 0 Å². The first-order chi connectivity index (χ1) is 9.19. The maximum Gasteiger partial charge on any atom is 0.251 e. The summed E-state index contributed by atoms with van der Waals surface area (Å²) in [6.45, 7) is 0.378. The fourth-order valence-electron chi connectivity index (χ4n) is 1.70. The molecule has 0 radical (unpaired) electrons. The van der Waals surface area contributed by atoms with Crippen molar-refractivity contribution in [2.75, 3.05) is 12.4 Å². The molecular weight excluding hydrogens is 243 g/mol. The zero-order valence-corrected chi connectivity index (χ0v) is 10.6. The second-order valence-electron chi connectivity index (χ2n) is 4.14. The average molecular weight is 258 g/mol. The Morgan fingerprint density at radius 3 is 2.58 bits per heavy atom. The Bertz CT molecular complexity index is 567. The van der Waals surface area contributed by atoms with E-state index < -0.39 is 0 Å². The number of amides is 1. The van der Waals surface area contributed by atoms with Crippen molar-refractivity contribution in [3.05, 3.63) is 65.5 Å². The predicted octanol–water partition coefficient (Wildman–Crippen LogP) is 2.80. The van der Waals surface area contributed by atoms with Crippen LogP contribution < -0.4 is 10.6 Å². The zero-order chi connectivity index (χ0) is 13.7. The number of halogens is 1. The maximum absolute atomic E-state index is 12.7. The number of hydrogen-bond donors (Lipinski definition) is 2. The molecule has 0 saturated heterocycles. The fraction of sp³-hybridized carbons (Fsp3) is 0.133. The Labute approximate surface area is 111 Å². The average Bonchev–Trinajstić information content (AvgIpc) is 2.46. The van der Waals surface area contributed by atoms with Crippen molar-refractivity contribution in [2.24, 2.45) is 0 Å². The van der Waals surface area contributed by atoms with Gasteiger partial charge in [-0.05, 0) is 35.9 Å². The van der Waals surface area contributed by atoms with Gasteiger partial charge >= 0.3 is 0 Å². The second kappa shape index (κ2) is 6.00. The van der Waals surface area contributed by atoms with Crippen LogP contribution in [0, 0.1) is 5.82 Å². The fourth-order valence-corrected chi connectivity index (χ4v) is 1.70. The summed E-state index contributed by atoms with van der Waals surface area (Å²) in [5.41, 5.74) is 2.34. The molecular formula is C15H15FN2O. The van der Waals surface area contributed by atoms with Crippen molar-refractivity contribution in [3.63, 3.8) is 0 Å². The van der Waals surface area contributed by atoms with E-state index in [9.17, 15) is 9.18 Å². The summed E-state index contributed by atoms with van der Waals surface area (Å²) in [4.78, 5) is 11.9. The molecule has 0 aliphatic heterocycles. The third-order valence-corrected chi connectivity index (χ3v) is 2.78. The van der Waals surface area contributed by atoms with E-state index in [0.717, 1.165) is 11.3 Å². The molecule has 0 aliphatic rings. The Hall–Kier alpha value is -2.36. The van der Waals surface area contributed by atoms with E-state index >= 15 is 0 Å². The predicted molar refractivity (Wildman–Crippen MR) is 73.6 cm³/mol. The Kier molecular flexibility index (Phi) is 4.13. The Morgan fingerprint density at radius 1 is 1.16 bits per heavy atom. The first-order valence-electron chi connectivity index (χ1n) is 5.99. The van der Waals surface area contributed by atoms with E-state index in [2.05, 4.69) is 10.6 Å². The molecule has 98 valence electrons. The number of nitrogens with one attached hydrogen (secondary N) is 2. The highest BCUT2D eigenvalue weighted by atomic mass is 19.1. The number of carbonyl (C=O) groups is 1. The summed E-state index contributed by atoms with van der Waals surface area (Å²) < 4.78 is 12.7. The SMILES string of the molecule is CNc1cccc(C(=O)NCc2ccc(F)cc2)c1. The van der Waals surface area contributed by atoms with Crippen molar-refractivity contribution in [2.45, 2.75) is 6.54 Å². The molecule has 0 unspecified atom stereocenters. The topological polar surface area (TPSA) is 41.1 Å². The van der Waals surface area contributed by atoms with E-state index in [1.807, 2.05) is 12.1 Å². The summed E-state index contributed by atoms with van der Waals surface area (Å²) in [5.74, 6) is -0.432. The lowest BCUT2D eigenvalue weighted by molar-refractivity contribution is 0.0951. The van der Waals surface area contributed by atoms with Crippen molar-refractivity contribution in [3.8, 4) is 0 Å². The van der Waals surface area contributed by atoms with E-state index in [1.165, 1.54) is 12.1 Å². The van der Waals surface area contributed by atoms with Crippen LogP contribution in [0.5, 0.6) is 0 Å². The number of rotatable bonds is 4. The van der Waals surface area contributed by atoms with Gasteiger partial charge in [0.2, 0.25) is 0 Å². The largest absolute Gasteiger partial charge is 0.388 e. The van der Waals surface area contributed by atoms with Gasteiger partial charge in [0.1, 0.15) is 5.82 Å². The molecule has 0 fully saturated rings. The van der Waals surface area contributed by atoms with Crippen molar-refractivity contribution in [1.29, 1.82) is 0 Å². The first kappa shape index (κ1) is 13.1. The molecule has 0 bridgehead atoms. The summed E-state index contributed by atoms with van der Waals surface area (Å²) in [6, 6.07) is 13.3. The molecule has 2 aromatic carbocycles. The highest BCUT2D eigenvalue weighted by Gasteiger charge is 2.05. The molecule has 0 spiro atoms. The molecule has 1 amide bonds. The molecule has 2 rings (SSSR count). The van der Waals surface area contributed by atoms with Gasteiger partial charge in [0.15, 0.2) is 0 Å². The standard InChI is InChI=1S/C15H15FN2O/c1-17-14-4-2-3-12(9-14)15(19)18-10-11-5-7-13(16)8-6-11/h2-9,17H,10H2,1H3,(H,18,19). The molecule has 0 heterocycles. The number of hydrogen-bond acceptors (Lipinski definition) is 2. The van der Waals surface area contributed by atoms with Crippen LogP contribution in [-0.4, -0.2) is 13.0 Å². The normalized spacial score (nSPS) is 10.0. The van der Waals surface area contributed by atoms with Crippen LogP contribution in [-0.2, 0) is 6.54 Å². The summed E-state index contributed by atoms with van der Waals surface area (Å²) >= 11 is 0. The quantitative estimate of drug-likeness (QED) is 0.885. The second-order valence-corrected chi connectivity index (χ2v) is 4.14. The molecule has 0 saturated carbocycles. The van der Waals surface area contributed by atoms with Crippen molar-refractivity contribution >= 4 is 11.6 Å². The lowest BCUT2D eigenvalue weighted by Crippen LogP contribution is -2.22. The maximum atomic E-state index is 12.7. The van der Waals surface area contributed by atoms with E-state index in [4.69, 9.17) is 0 Å². The van der Waals surface area contributed by atoms with E-state index in [1.54, 1.807) is 31.3 Å². The first-order valence-corrected chi connectivity index (χ1v) is 5.99. The van der Waals surface area contributed by atoms with Crippen LogP contribution in [0.3, 0.4) is 0 Å². The van der Waals surface area contributed by atoms with Crippen LogP contribution in [0.4, 0.5) is 10.1 Å². The van der Waals surface area contributed by atoms with Crippen LogP contribution in [0.1, 0.15) is 15.9 Å². The van der Waals surface area contributed by atoms with Gasteiger partial charge in [0.05, 0.1) is 0 Å². The third kappa shape index (κ3) is 3.55. The van der Waals surface area contributed by atoms with Crippen LogP contribution in [0.15, 0.2) is 48.5 Å². The van der Waals surface area contributed by atoms with Crippen LogP contribution >= 0.6 is 0 Å². The summed E-state index contributed by atoms with van der Waals surface area (Å²) in [7, 11) is 1.80. The Balaban J connectivity index is 1.99. The van der Waals surface area contributed by atoms with Gasteiger partial charge in [-0.3, -0.25) is 4.79 Å². The number of carbonyl (C=O) groups excluding carboxylic acids is 1. The number of anilines is 1. The van der Waals surface area contributed by atoms with Crippen LogP contribution in [0.2, 0.25) is 0 Å². The van der Waals surface area contributed by atoms with E-state index in [0.29, 0.717) is 12.1 Å². The minimum Gasteiger partial charge on any atom is -0.388 e. The zero-order valence-electron chi connectivity index (χ0n) is 10.6. The minimum absolute atomic E-state index is 0.151. The molecule has 4 heteroatoms. The molecule has 2 aromatic rings. The lowest BCUT2D eigenvalue weighted by Gasteiger charge is -2.07. The smallest absolute Gasteiger partial charge is 0.251 e. The molecule has 3 nitrogen and oxygen atoms in total. The molecule has 0 aromatic heterocycles. The van der Waals surface area contributed by atoms with Crippen molar-refractivity contribution in [1.82, 2.24) is 5.32 Å². The van der Waals surface area contributed by atoms with Gasteiger partial charge in [0.25, 0.3) is 5.91 Å². The minimum atomic E-state index is -0.281. The highest BCUT2D eigenvalue weighted by molar-refractivity contribution is 5.95. The van der Waals surface area contributed by atoms with Gasteiger partial charge in [0, 0.05) is 24.8 Å².